The van der Waals surface area contributed by atoms with Gasteiger partial charge in [0.2, 0.25) is 0 Å². The fraction of sp³-hybridized carbons (Fsp3) is 0.300. The van der Waals surface area contributed by atoms with Crippen LogP contribution >= 0.6 is 0 Å². The Balaban J connectivity index is 1.70. The van der Waals surface area contributed by atoms with Gasteiger partial charge in [-0.3, -0.25) is 4.90 Å². The van der Waals surface area contributed by atoms with E-state index in [1.807, 2.05) is 30.3 Å². The van der Waals surface area contributed by atoms with Crippen LogP contribution in [0.1, 0.15) is 23.0 Å². The standard InChI is InChI=1S/C20H22FN5/c21-18-8-6-17(7-9-18)19(25-12-10-22-11-13-25)20-24-23-15-26(20)14-16-4-2-1-3-5-16/h1-9,15,19,22H,10-14H2. The van der Waals surface area contributed by atoms with Crippen molar-refractivity contribution in [1.82, 2.24) is 25.0 Å². The second-order valence-corrected chi connectivity index (χ2v) is 6.54. The minimum atomic E-state index is -0.224. The van der Waals surface area contributed by atoms with E-state index in [0.717, 1.165) is 37.6 Å². The van der Waals surface area contributed by atoms with E-state index in [9.17, 15) is 4.39 Å². The van der Waals surface area contributed by atoms with Gasteiger partial charge in [-0.2, -0.15) is 0 Å². The molecule has 0 saturated carbocycles. The van der Waals surface area contributed by atoms with Crippen LogP contribution in [0, 0.1) is 5.82 Å². The minimum absolute atomic E-state index is 0.0380. The van der Waals surface area contributed by atoms with E-state index in [0.29, 0.717) is 6.54 Å². The average Bonchev–Trinajstić information content (AvgIpc) is 3.13. The molecule has 4 rings (SSSR count). The molecular weight excluding hydrogens is 329 g/mol. The van der Waals surface area contributed by atoms with Crippen LogP contribution in [0.15, 0.2) is 60.9 Å². The van der Waals surface area contributed by atoms with Gasteiger partial charge in [-0.25, -0.2) is 4.39 Å². The SMILES string of the molecule is Fc1ccc(C(c2nncn2Cc2ccccc2)N2CCNCC2)cc1. The molecule has 1 aliphatic rings. The molecule has 0 bridgehead atoms. The van der Waals surface area contributed by atoms with Crippen molar-refractivity contribution in [2.24, 2.45) is 0 Å². The molecule has 1 saturated heterocycles. The fourth-order valence-corrected chi connectivity index (χ4v) is 3.49. The van der Waals surface area contributed by atoms with Crippen molar-refractivity contribution in [3.05, 3.63) is 83.7 Å². The number of hydrogen-bond donors (Lipinski definition) is 1. The second kappa shape index (κ2) is 7.76. The maximum absolute atomic E-state index is 13.4. The molecule has 0 amide bonds. The van der Waals surface area contributed by atoms with Crippen molar-refractivity contribution in [3.8, 4) is 0 Å². The van der Waals surface area contributed by atoms with Gasteiger partial charge < -0.3 is 9.88 Å². The number of nitrogens with zero attached hydrogens (tertiary/aromatic N) is 4. The highest BCUT2D eigenvalue weighted by atomic mass is 19.1. The number of hydrogen-bond acceptors (Lipinski definition) is 4. The summed E-state index contributed by atoms with van der Waals surface area (Å²) in [5.74, 6) is 0.668. The summed E-state index contributed by atoms with van der Waals surface area (Å²) >= 11 is 0. The Hall–Kier alpha value is -2.57. The van der Waals surface area contributed by atoms with Gasteiger partial charge >= 0.3 is 0 Å². The molecule has 0 spiro atoms. The highest BCUT2D eigenvalue weighted by molar-refractivity contribution is 5.26. The first-order chi connectivity index (χ1) is 12.8. The number of piperazine rings is 1. The molecule has 26 heavy (non-hydrogen) atoms. The van der Waals surface area contributed by atoms with Gasteiger partial charge in [0, 0.05) is 26.2 Å². The van der Waals surface area contributed by atoms with Gasteiger partial charge in [0.25, 0.3) is 0 Å². The van der Waals surface area contributed by atoms with Crippen molar-refractivity contribution < 1.29 is 4.39 Å². The molecule has 1 fully saturated rings. The summed E-state index contributed by atoms with van der Waals surface area (Å²) in [6.07, 6.45) is 1.78. The Morgan fingerprint density at radius 1 is 1.00 bits per heavy atom. The molecule has 2 heterocycles. The molecule has 1 atom stereocenters. The predicted octanol–water partition coefficient (Wildman–Crippen LogP) is 2.46. The topological polar surface area (TPSA) is 46.0 Å². The summed E-state index contributed by atoms with van der Waals surface area (Å²) in [5, 5.41) is 12.0. The normalized spacial score (nSPS) is 16.5. The number of rotatable bonds is 5. The van der Waals surface area contributed by atoms with Crippen molar-refractivity contribution in [2.75, 3.05) is 26.2 Å². The Bertz CT molecular complexity index is 825. The van der Waals surface area contributed by atoms with E-state index >= 15 is 0 Å². The van der Waals surface area contributed by atoms with E-state index < -0.39 is 0 Å². The van der Waals surface area contributed by atoms with Crippen LogP contribution in [0.4, 0.5) is 4.39 Å². The maximum Gasteiger partial charge on any atom is 0.155 e. The van der Waals surface area contributed by atoms with E-state index in [1.165, 1.54) is 17.7 Å². The quantitative estimate of drug-likeness (QED) is 0.767. The first kappa shape index (κ1) is 16.9. The summed E-state index contributed by atoms with van der Waals surface area (Å²) in [5.41, 5.74) is 2.24. The van der Waals surface area contributed by atoms with Crippen LogP contribution in [0.2, 0.25) is 0 Å². The smallest absolute Gasteiger partial charge is 0.155 e. The van der Waals surface area contributed by atoms with Crippen LogP contribution < -0.4 is 5.32 Å². The molecular formula is C20H22FN5. The Labute approximate surface area is 152 Å². The van der Waals surface area contributed by atoms with E-state index in [-0.39, 0.29) is 11.9 Å². The van der Waals surface area contributed by atoms with Gasteiger partial charge in [-0.15, -0.1) is 10.2 Å². The summed E-state index contributed by atoms with van der Waals surface area (Å²) in [4.78, 5) is 2.38. The molecule has 1 aromatic heterocycles. The van der Waals surface area contributed by atoms with Crippen molar-refractivity contribution >= 4 is 0 Å². The largest absolute Gasteiger partial charge is 0.314 e. The van der Waals surface area contributed by atoms with Gasteiger partial charge in [-0.05, 0) is 23.3 Å². The van der Waals surface area contributed by atoms with E-state index in [4.69, 9.17) is 0 Å². The molecule has 6 heteroatoms. The molecule has 5 nitrogen and oxygen atoms in total. The van der Waals surface area contributed by atoms with Gasteiger partial charge in [-0.1, -0.05) is 42.5 Å². The second-order valence-electron chi connectivity index (χ2n) is 6.54. The molecule has 1 unspecified atom stereocenters. The molecule has 2 aromatic carbocycles. The van der Waals surface area contributed by atoms with Crippen LogP contribution in [0.25, 0.3) is 0 Å². The molecule has 3 aromatic rings. The van der Waals surface area contributed by atoms with Crippen molar-refractivity contribution in [1.29, 1.82) is 0 Å². The Kier molecular flexibility index (Phi) is 5.04. The minimum Gasteiger partial charge on any atom is -0.314 e. The monoisotopic (exact) mass is 351 g/mol. The summed E-state index contributed by atoms with van der Waals surface area (Å²) in [6.45, 7) is 4.42. The number of nitrogens with one attached hydrogen (secondary N) is 1. The lowest BCUT2D eigenvalue weighted by atomic mass is 10.0. The van der Waals surface area contributed by atoms with Crippen molar-refractivity contribution in [2.45, 2.75) is 12.6 Å². The van der Waals surface area contributed by atoms with E-state index in [1.54, 1.807) is 6.33 Å². The number of benzene rings is 2. The molecule has 0 aliphatic carbocycles. The molecule has 0 radical (unpaired) electrons. The highest BCUT2D eigenvalue weighted by Crippen LogP contribution is 2.28. The zero-order chi connectivity index (χ0) is 17.8. The third-order valence-corrected chi connectivity index (χ3v) is 4.79. The lowest BCUT2D eigenvalue weighted by molar-refractivity contribution is 0.189. The fourth-order valence-electron chi connectivity index (χ4n) is 3.49. The maximum atomic E-state index is 13.4. The Morgan fingerprint density at radius 2 is 1.73 bits per heavy atom. The number of halogens is 1. The predicted molar refractivity (Wildman–Crippen MR) is 98.3 cm³/mol. The molecule has 1 N–H and O–H groups in total. The van der Waals surface area contributed by atoms with Gasteiger partial charge in [0.05, 0.1) is 12.6 Å². The average molecular weight is 351 g/mol. The van der Waals surface area contributed by atoms with Gasteiger partial charge in [0.1, 0.15) is 12.1 Å². The summed E-state index contributed by atoms with van der Waals surface area (Å²) < 4.78 is 15.5. The first-order valence-corrected chi connectivity index (χ1v) is 8.93. The highest BCUT2D eigenvalue weighted by Gasteiger charge is 2.28. The lowest BCUT2D eigenvalue weighted by Crippen LogP contribution is -2.46. The van der Waals surface area contributed by atoms with Gasteiger partial charge in [0.15, 0.2) is 5.82 Å². The van der Waals surface area contributed by atoms with Crippen LogP contribution in [0.3, 0.4) is 0 Å². The Morgan fingerprint density at radius 3 is 2.46 bits per heavy atom. The van der Waals surface area contributed by atoms with Crippen LogP contribution in [-0.4, -0.2) is 45.8 Å². The van der Waals surface area contributed by atoms with Crippen molar-refractivity contribution in [3.63, 3.8) is 0 Å². The van der Waals surface area contributed by atoms with E-state index in [2.05, 4.69) is 37.1 Å². The third-order valence-electron chi connectivity index (χ3n) is 4.79. The molecule has 134 valence electrons. The molecule has 1 aliphatic heterocycles. The summed E-state index contributed by atoms with van der Waals surface area (Å²) in [7, 11) is 0. The van der Waals surface area contributed by atoms with Crippen LogP contribution in [0.5, 0.6) is 0 Å². The lowest BCUT2D eigenvalue weighted by Gasteiger charge is -2.34. The van der Waals surface area contributed by atoms with Crippen LogP contribution in [-0.2, 0) is 6.54 Å². The number of aromatic nitrogens is 3. The summed E-state index contributed by atoms with van der Waals surface area (Å²) in [6, 6.07) is 17.0. The first-order valence-electron chi connectivity index (χ1n) is 8.93. The zero-order valence-corrected chi connectivity index (χ0v) is 14.6. The zero-order valence-electron chi connectivity index (χ0n) is 14.6. The third kappa shape index (κ3) is 3.66.